The van der Waals surface area contributed by atoms with Crippen LogP contribution in [0.4, 0.5) is 11.4 Å². The number of ether oxygens (including phenoxy) is 1. The molecule has 4 rings (SSSR count). The van der Waals surface area contributed by atoms with Gasteiger partial charge in [0.1, 0.15) is 5.75 Å². The van der Waals surface area contributed by atoms with Gasteiger partial charge in [-0.25, -0.2) is 9.98 Å². The molecule has 0 bridgehead atoms. The van der Waals surface area contributed by atoms with Crippen molar-refractivity contribution in [1.82, 2.24) is 0 Å². The fraction of sp³-hybridized carbons (Fsp3) is 0.0667. The number of aliphatic imine (C=N–C) groups is 1. The van der Waals surface area contributed by atoms with Crippen LogP contribution in [-0.4, -0.2) is 12.9 Å². The molecule has 5 nitrogen and oxygen atoms in total. The van der Waals surface area contributed by atoms with Crippen molar-refractivity contribution in [2.24, 2.45) is 20.2 Å². The molecule has 2 aromatic carbocycles. The summed E-state index contributed by atoms with van der Waals surface area (Å²) in [6.45, 7) is 0. The molecule has 0 radical (unpaired) electrons. The maximum atomic E-state index is 5.23. The first-order valence-electron chi connectivity index (χ1n) is 6.20. The van der Waals surface area contributed by atoms with Crippen molar-refractivity contribution in [3.8, 4) is 5.75 Å². The quantitative estimate of drug-likeness (QED) is 0.818. The van der Waals surface area contributed by atoms with E-state index in [1.807, 2.05) is 36.4 Å². The Balaban J connectivity index is 1.83. The van der Waals surface area contributed by atoms with Gasteiger partial charge in [-0.15, -0.1) is 0 Å². The zero-order chi connectivity index (χ0) is 13.5. The molecule has 20 heavy (non-hydrogen) atoms. The van der Waals surface area contributed by atoms with Crippen LogP contribution in [0.1, 0.15) is 5.56 Å². The summed E-state index contributed by atoms with van der Waals surface area (Å²) in [6, 6.07) is 11.6. The normalized spacial score (nSPS) is 14.2. The molecule has 0 amide bonds. The van der Waals surface area contributed by atoms with E-state index in [0.717, 1.165) is 33.3 Å². The number of azo groups is 1. The maximum Gasteiger partial charge on any atom is 0.160 e. The van der Waals surface area contributed by atoms with Crippen molar-refractivity contribution in [2.45, 2.75) is 0 Å². The standard InChI is InChI=1S/C15H10N4O/c1-20-11-4-2-3-9(5-11)15-17-13-6-10-8-16-19-12(10)7-14(13)18-15/h2-8H,1H3. The molecular weight excluding hydrogens is 252 g/mol. The number of amidine groups is 1. The summed E-state index contributed by atoms with van der Waals surface area (Å²) in [6.07, 6.45) is 1.73. The summed E-state index contributed by atoms with van der Waals surface area (Å²) >= 11 is 0. The third kappa shape index (κ3) is 1.64. The number of hydrogen-bond acceptors (Lipinski definition) is 5. The van der Waals surface area contributed by atoms with Gasteiger partial charge < -0.3 is 4.74 Å². The third-order valence-electron chi connectivity index (χ3n) is 3.27. The molecule has 0 saturated heterocycles. The molecule has 0 aliphatic carbocycles. The summed E-state index contributed by atoms with van der Waals surface area (Å²) < 4.78 is 5.23. The molecular formula is C15H10N4O. The molecule has 2 aromatic rings. The Morgan fingerprint density at radius 2 is 1.95 bits per heavy atom. The van der Waals surface area contributed by atoms with Crippen LogP contribution in [0, 0.1) is 0 Å². The van der Waals surface area contributed by atoms with E-state index < -0.39 is 0 Å². The van der Waals surface area contributed by atoms with Crippen molar-refractivity contribution in [3.05, 3.63) is 52.5 Å². The molecule has 0 spiro atoms. The lowest BCUT2D eigenvalue weighted by Gasteiger charge is -2.01. The Morgan fingerprint density at radius 1 is 1.00 bits per heavy atom. The lowest BCUT2D eigenvalue weighted by Crippen LogP contribution is -2.06. The molecule has 0 N–H and O–H groups in total. The van der Waals surface area contributed by atoms with Gasteiger partial charge in [-0.05, 0) is 24.3 Å². The van der Waals surface area contributed by atoms with Crippen molar-refractivity contribution in [2.75, 3.05) is 7.11 Å². The fourth-order valence-electron chi connectivity index (χ4n) is 2.25. The Hall–Kier alpha value is -2.82. The molecule has 2 aliphatic rings. The first-order valence-corrected chi connectivity index (χ1v) is 6.20. The van der Waals surface area contributed by atoms with Crippen LogP contribution in [0.2, 0.25) is 0 Å². The minimum atomic E-state index is 0.694. The average molecular weight is 262 g/mol. The lowest BCUT2D eigenvalue weighted by atomic mass is 10.2. The predicted molar refractivity (Wildman–Crippen MR) is 75.4 cm³/mol. The average Bonchev–Trinajstić information content (AvgIpc) is 3.10. The van der Waals surface area contributed by atoms with E-state index in [9.17, 15) is 0 Å². The minimum Gasteiger partial charge on any atom is -0.497 e. The molecule has 0 fully saturated rings. The number of fused-ring (bicyclic) bond motifs is 2. The van der Waals surface area contributed by atoms with Crippen molar-refractivity contribution in [3.63, 3.8) is 0 Å². The van der Waals surface area contributed by atoms with Gasteiger partial charge in [-0.3, -0.25) is 0 Å². The Labute approximate surface area is 114 Å². The van der Waals surface area contributed by atoms with Crippen LogP contribution >= 0.6 is 0 Å². The Kier molecular flexibility index (Phi) is 2.26. The van der Waals surface area contributed by atoms with Gasteiger partial charge in [0, 0.05) is 10.8 Å². The predicted octanol–water partition coefficient (Wildman–Crippen LogP) is 2.24. The zero-order valence-electron chi connectivity index (χ0n) is 10.7. The number of benzene rings is 2. The lowest BCUT2D eigenvalue weighted by molar-refractivity contribution is 0.414. The van der Waals surface area contributed by atoms with Gasteiger partial charge in [0.25, 0.3) is 0 Å². The molecule has 2 aliphatic heterocycles. The summed E-state index contributed by atoms with van der Waals surface area (Å²) in [4.78, 5) is 9.12. The van der Waals surface area contributed by atoms with E-state index in [-0.39, 0.29) is 0 Å². The number of rotatable bonds is 2. The maximum absolute atomic E-state index is 5.23. The highest BCUT2D eigenvalue weighted by molar-refractivity contribution is 6.03. The van der Waals surface area contributed by atoms with E-state index in [1.165, 1.54) is 0 Å². The van der Waals surface area contributed by atoms with E-state index in [0.29, 0.717) is 5.84 Å². The van der Waals surface area contributed by atoms with Crippen LogP contribution in [0.5, 0.6) is 5.75 Å². The fourth-order valence-corrected chi connectivity index (χ4v) is 2.25. The van der Waals surface area contributed by atoms with Gasteiger partial charge in [-0.1, -0.05) is 12.1 Å². The molecule has 2 heterocycles. The monoisotopic (exact) mass is 262 g/mol. The van der Waals surface area contributed by atoms with Crippen molar-refractivity contribution in [1.29, 1.82) is 0 Å². The first kappa shape index (κ1) is 11.0. The molecule has 0 atom stereocenters. The summed E-state index contributed by atoms with van der Waals surface area (Å²) in [5, 5.41) is 9.74. The van der Waals surface area contributed by atoms with E-state index in [4.69, 9.17) is 4.74 Å². The Morgan fingerprint density at radius 3 is 2.85 bits per heavy atom. The van der Waals surface area contributed by atoms with Crippen LogP contribution in [0.25, 0.3) is 6.20 Å². The number of nitrogens with zero attached hydrogens (tertiary/aromatic N) is 4. The van der Waals surface area contributed by atoms with Crippen LogP contribution in [0.15, 0.2) is 56.6 Å². The third-order valence-corrected chi connectivity index (χ3v) is 3.27. The van der Waals surface area contributed by atoms with Gasteiger partial charge in [-0.2, -0.15) is 10.2 Å². The highest BCUT2D eigenvalue weighted by Crippen LogP contribution is 2.20. The second-order valence-corrected chi connectivity index (χ2v) is 4.52. The summed E-state index contributed by atoms with van der Waals surface area (Å²) in [7, 11) is 1.65. The topological polar surface area (TPSA) is 58.7 Å². The highest BCUT2D eigenvalue weighted by atomic mass is 16.5. The first-order chi connectivity index (χ1) is 9.83. The van der Waals surface area contributed by atoms with Gasteiger partial charge >= 0.3 is 0 Å². The van der Waals surface area contributed by atoms with E-state index >= 15 is 0 Å². The molecule has 0 unspecified atom stereocenters. The molecule has 0 aromatic heterocycles. The summed E-state index contributed by atoms with van der Waals surface area (Å²) in [5.41, 5.74) is 2.63. The second kappa shape index (κ2) is 4.09. The minimum absolute atomic E-state index is 0.694. The highest BCUT2D eigenvalue weighted by Gasteiger charge is 2.13. The van der Waals surface area contributed by atoms with Crippen LogP contribution in [-0.2, 0) is 0 Å². The smallest absolute Gasteiger partial charge is 0.160 e. The van der Waals surface area contributed by atoms with Crippen molar-refractivity contribution < 1.29 is 4.74 Å². The summed E-state index contributed by atoms with van der Waals surface area (Å²) in [5.74, 6) is 1.49. The van der Waals surface area contributed by atoms with Crippen LogP contribution in [0.3, 0.4) is 0 Å². The number of hydrogen-bond donors (Lipinski definition) is 0. The second-order valence-electron chi connectivity index (χ2n) is 4.52. The number of methoxy groups -OCH3 is 1. The molecule has 0 saturated carbocycles. The molecule has 96 valence electrons. The van der Waals surface area contributed by atoms with Gasteiger partial charge in [0.15, 0.2) is 5.84 Å². The van der Waals surface area contributed by atoms with Gasteiger partial charge in [0.05, 0.1) is 30.0 Å². The SMILES string of the molecule is COc1cccc(C2=Nc3cc4c(cc3=N2)N=NC=4)c1. The van der Waals surface area contributed by atoms with Gasteiger partial charge in [0.2, 0.25) is 0 Å². The van der Waals surface area contributed by atoms with Crippen molar-refractivity contribution >= 4 is 23.4 Å². The Bertz CT molecular complexity index is 897. The van der Waals surface area contributed by atoms with E-state index in [2.05, 4.69) is 20.2 Å². The zero-order valence-corrected chi connectivity index (χ0v) is 10.7. The van der Waals surface area contributed by atoms with Crippen LogP contribution < -0.4 is 15.3 Å². The molecule has 5 heteroatoms. The largest absolute Gasteiger partial charge is 0.497 e. The van der Waals surface area contributed by atoms with E-state index in [1.54, 1.807) is 13.3 Å².